The largest absolute Gasteiger partial charge is 0.498 e. The molecule has 1 aliphatic heterocycles. The summed E-state index contributed by atoms with van der Waals surface area (Å²) in [5, 5.41) is 0. The highest BCUT2D eigenvalue weighted by Crippen LogP contribution is 2.26. The van der Waals surface area contributed by atoms with Crippen LogP contribution in [0.2, 0.25) is 0 Å². The maximum atomic E-state index is 5.35. The van der Waals surface area contributed by atoms with Crippen molar-refractivity contribution >= 4 is 0 Å². The van der Waals surface area contributed by atoms with Gasteiger partial charge in [0.05, 0.1) is 12.4 Å². The van der Waals surface area contributed by atoms with Gasteiger partial charge in [-0.3, -0.25) is 0 Å². The lowest BCUT2D eigenvalue weighted by molar-refractivity contribution is 0.261. The third-order valence-electron chi connectivity index (χ3n) is 1.70. The van der Waals surface area contributed by atoms with Gasteiger partial charge in [0.2, 0.25) is 0 Å². The first-order valence-corrected chi connectivity index (χ1v) is 3.34. The Hall–Kier alpha value is -0.720. The van der Waals surface area contributed by atoms with E-state index in [0.29, 0.717) is 0 Å². The predicted molar refractivity (Wildman–Crippen MR) is 35.7 cm³/mol. The van der Waals surface area contributed by atoms with Crippen molar-refractivity contribution in [1.29, 1.82) is 0 Å². The molecular weight excluding hydrogens is 112 g/mol. The zero-order chi connectivity index (χ0) is 6.10. The fourth-order valence-electron chi connectivity index (χ4n) is 1.11. The van der Waals surface area contributed by atoms with Gasteiger partial charge in [0, 0.05) is 12.8 Å². The summed E-state index contributed by atoms with van der Waals surface area (Å²) in [6.45, 7) is 0.917. The summed E-state index contributed by atoms with van der Waals surface area (Å²) in [7, 11) is 0. The van der Waals surface area contributed by atoms with Crippen LogP contribution in [0.1, 0.15) is 12.8 Å². The molecule has 0 N–H and O–H groups in total. The maximum absolute atomic E-state index is 5.35. The van der Waals surface area contributed by atoms with Crippen molar-refractivity contribution in [3.05, 3.63) is 29.9 Å². The third-order valence-corrected chi connectivity index (χ3v) is 1.70. The van der Waals surface area contributed by atoms with Gasteiger partial charge < -0.3 is 4.74 Å². The van der Waals surface area contributed by atoms with Crippen LogP contribution >= 0.6 is 0 Å². The molecule has 9 heavy (non-hydrogen) atoms. The second-order valence-corrected chi connectivity index (χ2v) is 2.36. The second-order valence-electron chi connectivity index (χ2n) is 2.36. The van der Waals surface area contributed by atoms with Crippen molar-refractivity contribution in [2.45, 2.75) is 12.8 Å². The third kappa shape index (κ3) is 0.766. The summed E-state index contributed by atoms with van der Waals surface area (Å²) in [5.41, 5.74) is 1.30. The first-order chi connectivity index (χ1) is 4.47. The Labute approximate surface area is 55.0 Å². The van der Waals surface area contributed by atoms with Crippen molar-refractivity contribution in [2.75, 3.05) is 6.61 Å². The number of ether oxygens (including phenoxy) is 1. The van der Waals surface area contributed by atoms with Crippen LogP contribution < -0.4 is 0 Å². The fraction of sp³-hybridized carbons (Fsp3) is 0.375. The van der Waals surface area contributed by atoms with Gasteiger partial charge in [-0.25, -0.2) is 0 Å². The average Bonchev–Trinajstić information content (AvgIpc) is 2.11. The normalized spacial score (nSPS) is 32.0. The van der Waals surface area contributed by atoms with Gasteiger partial charge in [-0.05, 0) is 12.0 Å². The molecule has 0 aromatic carbocycles. The summed E-state index contributed by atoms with van der Waals surface area (Å²) in [5.74, 6) is 1.19. The van der Waals surface area contributed by atoms with Crippen LogP contribution in [0, 0.1) is 6.42 Å². The van der Waals surface area contributed by atoms with Crippen molar-refractivity contribution < 1.29 is 4.74 Å². The highest BCUT2D eigenvalue weighted by molar-refractivity contribution is 5.44. The molecule has 1 saturated heterocycles. The first kappa shape index (κ1) is 5.10. The fourth-order valence-corrected chi connectivity index (χ4v) is 1.11. The van der Waals surface area contributed by atoms with Gasteiger partial charge >= 0.3 is 0 Å². The zero-order valence-electron chi connectivity index (χ0n) is 5.26. The topological polar surface area (TPSA) is 9.23 Å². The Morgan fingerprint density at radius 2 is 2.33 bits per heavy atom. The van der Waals surface area contributed by atoms with Crippen LogP contribution in [0.4, 0.5) is 0 Å². The Kier molecular flexibility index (Phi) is 1.08. The molecule has 1 heterocycles. The molecule has 47 valence electrons. The predicted octanol–water partition coefficient (Wildman–Crippen LogP) is 1.82. The summed E-state index contributed by atoms with van der Waals surface area (Å²) in [6.07, 6.45) is 8.57. The Morgan fingerprint density at radius 1 is 1.44 bits per heavy atom. The molecular formula is C8H9O. The monoisotopic (exact) mass is 121 g/mol. The van der Waals surface area contributed by atoms with Gasteiger partial charge in [0.15, 0.2) is 0 Å². The van der Waals surface area contributed by atoms with Crippen molar-refractivity contribution in [2.24, 2.45) is 0 Å². The molecule has 0 aromatic rings. The molecule has 0 amide bonds. The summed E-state index contributed by atoms with van der Waals surface area (Å²) >= 11 is 0. The molecule has 1 heteroatoms. The van der Waals surface area contributed by atoms with E-state index in [4.69, 9.17) is 4.74 Å². The van der Waals surface area contributed by atoms with E-state index < -0.39 is 0 Å². The lowest BCUT2D eigenvalue weighted by atomic mass is 10.0. The standard InChI is InChI=1S/C8H9O/c1-3-7(4-1)8-5-2-6-9-8/h1,3-4H,2,5-6H2. The lowest BCUT2D eigenvalue weighted by Crippen LogP contribution is -1.93. The van der Waals surface area contributed by atoms with E-state index in [-0.39, 0.29) is 0 Å². The highest BCUT2D eigenvalue weighted by Gasteiger charge is 2.14. The van der Waals surface area contributed by atoms with Crippen LogP contribution in [-0.2, 0) is 4.74 Å². The lowest BCUT2D eigenvalue weighted by Gasteiger charge is -2.09. The maximum Gasteiger partial charge on any atom is 0.0999 e. The quantitative estimate of drug-likeness (QED) is 0.475. The van der Waals surface area contributed by atoms with E-state index in [2.05, 4.69) is 12.5 Å². The van der Waals surface area contributed by atoms with Gasteiger partial charge in [0.1, 0.15) is 0 Å². The second kappa shape index (κ2) is 1.90. The van der Waals surface area contributed by atoms with Crippen LogP contribution in [0.3, 0.4) is 0 Å². The zero-order valence-corrected chi connectivity index (χ0v) is 5.26. The van der Waals surface area contributed by atoms with Crippen LogP contribution in [0.15, 0.2) is 23.5 Å². The van der Waals surface area contributed by atoms with E-state index in [0.717, 1.165) is 13.0 Å². The van der Waals surface area contributed by atoms with Crippen LogP contribution in [0.25, 0.3) is 0 Å². The van der Waals surface area contributed by atoms with Crippen molar-refractivity contribution in [3.8, 4) is 0 Å². The average molecular weight is 121 g/mol. The molecule has 1 aliphatic carbocycles. The summed E-state index contributed by atoms with van der Waals surface area (Å²) in [6, 6.07) is 0. The summed E-state index contributed by atoms with van der Waals surface area (Å²) in [4.78, 5) is 0. The minimum atomic E-state index is 0.917. The van der Waals surface area contributed by atoms with Crippen molar-refractivity contribution in [1.82, 2.24) is 0 Å². The SMILES string of the molecule is [CH]1C=C/C1=C1/CCCO1. The Bertz CT molecular complexity index is 169. The minimum absolute atomic E-state index is 0.917. The molecule has 0 spiro atoms. The highest BCUT2D eigenvalue weighted by atomic mass is 16.5. The van der Waals surface area contributed by atoms with Gasteiger partial charge in [-0.15, -0.1) is 0 Å². The molecule has 2 aliphatic rings. The van der Waals surface area contributed by atoms with Gasteiger partial charge in [-0.2, -0.15) is 0 Å². The van der Waals surface area contributed by atoms with Gasteiger partial charge in [0.25, 0.3) is 0 Å². The van der Waals surface area contributed by atoms with Crippen LogP contribution in [-0.4, -0.2) is 6.61 Å². The summed E-state index contributed by atoms with van der Waals surface area (Å²) < 4.78 is 5.35. The molecule has 2 rings (SSSR count). The van der Waals surface area contributed by atoms with E-state index in [1.165, 1.54) is 17.8 Å². The minimum Gasteiger partial charge on any atom is -0.498 e. The van der Waals surface area contributed by atoms with E-state index >= 15 is 0 Å². The Morgan fingerprint density at radius 3 is 2.78 bits per heavy atom. The molecule has 0 aromatic heterocycles. The Balaban J connectivity index is 2.18. The van der Waals surface area contributed by atoms with Crippen LogP contribution in [0.5, 0.6) is 0 Å². The van der Waals surface area contributed by atoms with E-state index in [9.17, 15) is 0 Å². The van der Waals surface area contributed by atoms with E-state index in [1.807, 2.05) is 6.08 Å². The first-order valence-electron chi connectivity index (χ1n) is 3.34. The number of hydrogen-bond acceptors (Lipinski definition) is 1. The molecule has 1 radical (unpaired) electrons. The molecule has 0 bridgehead atoms. The molecule has 1 fully saturated rings. The molecule has 1 nitrogen and oxygen atoms in total. The number of hydrogen-bond donors (Lipinski definition) is 0. The number of allylic oxidation sites excluding steroid dienone is 4. The molecule has 0 saturated carbocycles. The van der Waals surface area contributed by atoms with Crippen molar-refractivity contribution in [3.63, 3.8) is 0 Å². The molecule has 0 unspecified atom stereocenters. The molecule has 0 atom stereocenters. The number of rotatable bonds is 0. The van der Waals surface area contributed by atoms with E-state index in [1.54, 1.807) is 0 Å². The smallest absolute Gasteiger partial charge is 0.0999 e. The van der Waals surface area contributed by atoms with Gasteiger partial charge in [-0.1, -0.05) is 12.2 Å².